The van der Waals surface area contributed by atoms with Gasteiger partial charge in [0.2, 0.25) is 0 Å². The summed E-state index contributed by atoms with van der Waals surface area (Å²) in [6, 6.07) is 9.53. The molecule has 1 unspecified atom stereocenters. The Hall–Kier alpha value is -1.55. The summed E-state index contributed by atoms with van der Waals surface area (Å²) in [4.78, 5) is 11.3. The largest absolute Gasteiger partial charge is 0.442 e. The summed E-state index contributed by atoms with van der Waals surface area (Å²) >= 11 is 0. The Morgan fingerprint density at radius 1 is 1.44 bits per heavy atom. The molecule has 0 aliphatic carbocycles. The third-order valence-electron chi connectivity index (χ3n) is 2.16. The number of rotatable bonds is 5. The van der Waals surface area contributed by atoms with Crippen LogP contribution in [0.2, 0.25) is 0 Å². The standard InChI is InChI=1S/C12H17NO3/c1-10(11-6-3-2-4-7-11)16-12(15)13-8-5-9-14/h2-4,6-7,10,14H,5,8-9H2,1H3,(H,13,15). The number of ether oxygens (including phenoxy) is 1. The summed E-state index contributed by atoms with van der Waals surface area (Å²) in [5.74, 6) is 0. The minimum Gasteiger partial charge on any atom is -0.442 e. The molecule has 4 nitrogen and oxygen atoms in total. The highest BCUT2D eigenvalue weighted by molar-refractivity contribution is 5.67. The van der Waals surface area contributed by atoms with Gasteiger partial charge in [0.15, 0.2) is 0 Å². The molecule has 2 N–H and O–H groups in total. The molecule has 0 saturated carbocycles. The molecule has 16 heavy (non-hydrogen) atoms. The van der Waals surface area contributed by atoms with E-state index in [0.717, 1.165) is 5.56 Å². The van der Waals surface area contributed by atoms with Crippen LogP contribution in [0.1, 0.15) is 25.0 Å². The molecule has 1 amide bonds. The molecule has 88 valence electrons. The van der Waals surface area contributed by atoms with Crippen molar-refractivity contribution in [3.8, 4) is 0 Å². The molecule has 0 bridgehead atoms. The maximum atomic E-state index is 11.3. The fraction of sp³-hybridized carbons (Fsp3) is 0.417. The first-order valence-electron chi connectivity index (χ1n) is 5.34. The summed E-state index contributed by atoms with van der Waals surface area (Å²) in [6.07, 6.45) is -0.186. The van der Waals surface area contributed by atoms with Gasteiger partial charge in [-0.25, -0.2) is 4.79 Å². The molecule has 1 atom stereocenters. The topological polar surface area (TPSA) is 58.6 Å². The maximum absolute atomic E-state index is 11.3. The minimum atomic E-state index is -0.454. The van der Waals surface area contributed by atoms with Crippen molar-refractivity contribution in [3.05, 3.63) is 35.9 Å². The number of alkyl carbamates (subject to hydrolysis) is 1. The van der Waals surface area contributed by atoms with E-state index in [1.165, 1.54) is 0 Å². The van der Waals surface area contributed by atoms with E-state index in [9.17, 15) is 4.79 Å². The van der Waals surface area contributed by atoms with E-state index in [1.54, 1.807) is 0 Å². The first-order chi connectivity index (χ1) is 7.74. The van der Waals surface area contributed by atoms with Crippen molar-refractivity contribution < 1.29 is 14.6 Å². The van der Waals surface area contributed by atoms with Gasteiger partial charge >= 0.3 is 6.09 Å². The van der Waals surface area contributed by atoms with Crippen molar-refractivity contribution in [2.45, 2.75) is 19.4 Å². The predicted octanol–water partition coefficient (Wildman–Crippen LogP) is 1.86. The highest BCUT2D eigenvalue weighted by Crippen LogP contribution is 2.15. The van der Waals surface area contributed by atoms with Gasteiger partial charge in [0, 0.05) is 13.2 Å². The van der Waals surface area contributed by atoms with E-state index in [0.29, 0.717) is 13.0 Å². The summed E-state index contributed by atoms with van der Waals surface area (Å²) in [6.45, 7) is 2.31. The fourth-order valence-corrected chi connectivity index (χ4v) is 1.26. The van der Waals surface area contributed by atoms with E-state index in [2.05, 4.69) is 5.32 Å². The number of amides is 1. The monoisotopic (exact) mass is 223 g/mol. The number of benzene rings is 1. The number of hydrogen-bond acceptors (Lipinski definition) is 3. The van der Waals surface area contributed by atoms with Gasteiger partial charge in [0.05, 0.1) is 0 Å². The van der Waals surface area contributed by atoms with Crippen LogP contribution in [0, 0.1) is 0 Å². The number of carbonyl (C=O) groups excluding carboxylic acids is 1. The van der Waals surface area contributed by atoms with E-state index in [4.69, 9.17) is 9.84 Å². The van der Waals surface area contributed by atoms with Crippen LogP contribution in [-0.4, -0.2) is 24.4 Å². The summed E-state index contributed by atoms with van der Waals surface area (Å²) in [7, 11) is 0. The van der Waals surface area contributed by atoms with Crippen LogP contribution in [0.5, 0.6) is 0 Å². The lowest BCUT2D eigenvalue weighted by Gasteiger charge is -2.13. The van der Waals surface area contributed by atoms with Gasteiger partial charge in [-0.3, -0.25) is 0 Å². The van der Waals surface area contributed by atoms with E-state index < -0.39 is 6.09 Å². The molecule has 1 aromatic rings. The summed E-state index contributed by atoms with van der Waals surface area (Å²) in [5, 5.41) is 11.1. The Kier molecular flexibility index (Phi) is 5.36. The third-order valence-corrected chi connectivity index (χ3v) is 2.16. The van der Waals surface area contributed by atoms with Crippen LogP contribution in [0.25, 0.3) is 0 Å². The Bertz CT molecular complexity index is 313. The second-order valence-corrected chi connectivity index (χ2v) is 3.46. The van der Waals surface area contributed by atoms with Gasteiger partial charge in [-0.1, -0.05) is 30.3 Å². The Labute approximate surface area is 95.2 Å². The average molecular weight is 223 g/mol. The quantitative estimate of drug-likeness (QED) is 0.749. The zero-order valence-electron chi connectivity index (χ0n) is 9.35. The maximum Gasteiger partial charge on any atom is 0.407 e. The Morgan fingerprint density at radius 2 is 2.12 bits per heavy atom. The molecule has 0 aliphatic rings. The van der Waals surface area contributed by atoms with E-state index in [-0.39, 0.29) is 12.7 Å². The predicted molar refractivity (Wildman–Crippen MR) is 61.0 cm³/mol. The van der Waals surface area contributed by atoms with Crippen molar-refractivity contribution in [3.63, 3.8) is 0 Å². The van der Waals surface area contributed by atoms with Crippen LogP contribution < -0.4 is 5.32 Å². The molecule has 0 aliphatic heterocycles. The molecule has 0 saturated heterocycles. The van der Waals surface area contributed by atoms with Gasteiger partial charge in [0.1, 0.15) is 6.10 Å². The van der Waals surface area contributed by atoms with Gasteiger partial charge in [-0.05, 0) is 18.9 Å². The molecule has 0 heterocycles. The summed E-state index contributed by atoms with van der Waals surface area (Å²) in [5.41, 5.74) is 0.958. The molecular formula is C12H17NO3. The van der Waals surface area contributed by atoms with Crippen molar-refractivity contribution in [2.24, 2.45) is 0 Å². The molecule has 0 spiro atoms. The Balaban J connectivity index is 2.34. The molecular weight excluding hydrogens is 206 g/mol. The second-order valence-electron chi connectivity index (χ2n) is 3.46. The second kappa shape index (κ2) is 6.85. The van der Waals surface area contributed by atoms with Gasteiger partial charge in [-0.15, -0.1) is 0 Å². The third kappa shape index (κ3) is 4.31. The number of nitrogens with one attached hydrogen (secondary N) is 1. The van der Waals surface area contributed by atoms with Gasteiger partial charge in [-0.2, -0.15) is 0 Å². The summed E-state index contributed by atoms with van der Waals surface area (Å²) < 4.78 is 5.15. The highest BCUT2D eigenvalue weighted by atomic mass is 16.6. The van der Waals surface area contributed by atoms with Crippen molar-refractivity contribution >= 4 is 6.09 Å². The Morgan fingerprint density at radius 3 is 2.75 bits per heavy atom. The lowest BCUT2D eigenvalue weighted by molar-refractivity contribution is 0.106. The van der Waals surface area contributed by atoms with Crippen molar-refractivity contribution in [2.75, 3.05) is 13.2 Å². The molecule has 1 rings (SSSR count). The number of hydrogen-bond donors (Lipinski definition) is 2. The van der Waals surface area contributed by atoms with Crippen LogP contribution in [-0.2, 0) is 4.74 Å². The molecule has 0 radical (unpaired) electrons. The van der Waals surface area contributed by atoms with E-state index in [1.807, 2.05) is 37.3 Å². The van der Waals surface area contributed by atoms with Crippen molar-refractivity contribution in [1.29, 1.82) is 0 Å². The molecule has 0 fully saturated rings. The normalized spacial score (nSPS) is 11.9. The first kappa shape index (κ1) is 12.5. The number of aliphatic hydroxyl groups excluding tert-OH is 1. The SMILES string of the molecule is CC(OC(=O)NCCCO)c1ccccc1. The zero-order valence-corrected chi connectivity index (χ0v) is 9.35. The highest BCUT2D eigenvalue weighted by Gasteiger charge is 2.09. The van der Waals surface area contributed by atoms with E-state index >= 15 is 0 Å². The molecule has 0 aromatic heterocycles. The van der Waals surface area contributed by atoms with Crippen LogP contribution >= 0.6 is 0 Å². The fourth-order valence-electron chi connectivity index (χ4n) is 1.26. The molecule has 4 heteroatoms. The molecule has 1 aromatic carbocycles. The lowest BCUT2D eigenvalue weighted by Crippen LogP contribution is -2.26. The lowest BCUT2D eigenvalue weighted by atomic mass is 10.1. The van der Waals surface area contributed by atoms with Crippen LogP contribution in [0.3, 0.4) is 0 Å². The van der Waals surface area contributed by atoms with Gasteiger partial charge < -0.3 is 15.2 Å². The van der Waals surface area contributed by atoms with Crippen LogP contribution in [0.15, 0.2) is 30.3 Å². The van der Waals surface area contributed by atoms with Crippen molar-refractivity contribution in [1.82, 2.24) is 5.32 Å². The first-order valence-corrected chi connectivity index (χ1v) is 5.34. The van der Waals surface area contributed by atoms with Gasteiger partial charge in [0.25, 0.3) is 0 Å². The zero-order chi connectivity index (χ0) is 11.8. The number of carbonyl (C=O) groups is 1. The minimum absolute atomic E-state index is 0.0640. The van der Waals surface area contributed by atoms with Crippen LogP contribution in [0.4, 0.5) is 4.79 Å². The number of aliphatic hydroxyl groups is 1. The average Bonchev–Trinajstić information content (AvgIpc) is 2.30. The smallest absolute Gasteiger partial charge is 0.407 e.